The SMILES string of the molecule is CC1CCC(CN2CC(=O)NCC2=O)C1. The lowest BCUT2D eigenvalue weighted by atomic mass is 10.1. The Labute approximate surface area is 90.0 Å². The highest BCUT2D eigenvalue weighted by molar-refractivity contribution is 5.92. The molecule has 0 aromatic heterocycles. The van der Waals surface area contributed by atoms with Gasteiger partial charge in [-0.15, -0.1) is 0 Å². The fourth-order valence-corrected chi connectivity index (χ4v) is 2.57. The number of nitrogens with zero attached hydrogens (tertiary/aromatic N) is 1. The van der Waals surface area contributed by atoms with Crippen LogP contribution >= 0.6 is 0 Å². The van der Waals surface area contributed by atoms with Gasteiger partial charge in [0.1, 0.15) is 0 Å². The lowest BCUT2D eigenvalue weighted by molar-refractivity contribution is -0.141. The molecule has 1 aliphatic carbocycles. The number of piperazine rings is 1. The summed E-state index contributed by atoms with van der Waals surface area (Å²) in [5, 5.41) is 2.57. The predicted octanol–water partition coefficient (Wildman–Crippen LogP) is 0.381. The van der Waals surface area contributed by atoms with Crippen LogP contribution in [0.15, 0.2) is 0 Å². The Morgan fingerprint density at radius 2 is 2.20 bits per heavy atom. The summed E-state index contributed by atoms with van der Waals surface area (Å²) in [7, 11) is 0. The van der Waals surface area contributed by atoms with Crippen molar-refractivity contribution in [1.29, 1.82) is 0 Å². The molecule has 4 heteroatoms. The minimum Gasteiger partial charge on any atom is -0.345 e. The minimum atomic E-state index is -0.0272. The standard InChI is InChI=1S/C11H18N2O2/c1-8-2-3-9(4-8)6-13-7-10(14)12-5-11(13)15/h8-9H,2-7H2,1H3,(H,12,14). The Morgan fingerprint density at radius 1 is 1.40 bits per heavy atom. The largest absolute Gasteiger partial charge is 0.345 e. The van der Waals surface area contributed by atoms with Gasteiger partial charge in [-0.1, -0.05) is 13.3 Å². The Balaban J connectivity index is 1.87. The molecule has 2 aliphatic rings. The second-order valence-electron chi connectivity index (χ2n) is 4.84. The average Bonchev–Trinajstić information content (AvgIpc) is 2.58. The lowest BCUT2D eigenvalue weighted by Gasteiger charge is -2.28. The topological polar surface area (TPSA) is 49.4 Å². The van der Waals surface area contributed by atoms with Crippen molar-refractivity contribution in [3.05, 3.63) is 0 Å². The van der Waals surface area contributed by atoms with Crippen molar-refractivity contribution < 1.29 is 9.59 Å². The Kier molecular flexibility index (Phi) is 2.93. The summed E-state index contributed by atoms with van der Waals surface area (Å²) in [5.41, 5.74) is 0. The predicted molar refractivity (Wildman–Crippen MR) is 56.1 cm³/mol. The molecule has 1 heterocycles. The van der Waals surface area contributed by atoms with Gasteiger partial charge >= 0.3 is 0 Å². The van der Waals surface area contributed by atoms with Crippen molar-refractivity contribution in [3.63, 3.8) is 0 Å². The molecule has 0 aromatic carbocycles. The number of hydrogen-bond acceptors (Lipinski definition) is 2. The molecule has 1 aliphatic heterocycles. The highest BCUT2D eigenvalue weighted by atomic mass is 16.2. The lowest BCUT2D eigenvalue weighted by Crippen LogP contribution is -2.52. The van der Waals surface area contributed by atoms with Gasteiger partial charge in [0.2, 0.25) is 11.8 Å². The zero-order valence-electron chi connectivity index (χ0n) is 9.16. The van der Waals surface area contributed by atoms with Crippen LogP contribution in [0.25, 0.3) is 0 Å². The van der Waals surface area contributed by atoms with E-state index in [0.717, 1.165) is 12.5 Å². The summed E-state index contributed by atoms with van der Waals surface area (Å²) in [6.07, 6.45) is 3.66. The molecule has 0 bridgehead atoms. The van der Waals surface area contributed by atoms with Gasteiger partial charge in [0, 0.05) is 6.54 Å². The summed E-state index contributed by atoms with van der Waals surface area (Å²) in [6, 6.07) is 0. The van der Waals surface area contributed by atoms with Crippen LogP contribution in [-0.4, -0.2) is 36.3 Å². The number of hydrogen-bond donors (Lipinski definition) is 1. The highest BCUT2D eigenvalue weighted by Gasteiger charge is 2.28. The molecule has 2 unspecified atom stereocenters. The second-order valence-corrected chi connectivity index (χ2v) is 4.84. The zero-order chi connectivity index (χ0) is 10.8. The number of nitrogens with one attached hydrogen (secondary N) is 1. The van der Waals surface area contributed by atoms with Crippen LogP contribution in [0.2, 0.25) is 0 Å². The van der Waals surface area contributed by atoms with Crippen molar-refractivity contribution in [1.82, 2.24) is 10.2 Å². The molecule has 2 fully saturated rings. The van der Waals surface area contributed by atoms with E-state index in [9.17, 15) is 9.59 Å². The van der Waals surface area contributed by atoms with Gasteiger partial charge in [0.05, 0.1) is 13.1 Å². The van der Waals surface area contributed by atoms with Gasteiger partial charge in [0.15, 0.2) is 0 Å². The van der Waals surface area contributed by atoms with Crippen molar-refractivity contribution in [2.45, 2.75) is 26.2 Å². The molecule has 1 N–H and O–H groups in total. The van der Waals surface area contributed by atoms with Crippen molar-refractivity contribution >= 4 is 11.8 Å². The van der Waals surface area contributed by atoms with Crippen molar-refractivity contribution in [3.8, 4) is 0 Å². The fourth-order valence-electron chi connectivity index (χ4n) is 2.57. The maximum atomic E-state index is 11.5. The fraction of sp³-hybridized carbons (Fsp3) is 0.818. The van der Waals surface area contributed by atoms with Crippen LogP contribution < -0.4 is 5.32 Å². The number of amides is 2. The first-order chi connectivity index (χ1) is 7.15. The molecule has 0 radical (unpaired) electrons. The van der Waals surface area contributed by atoms with E-state index in [1.807, 2.05) is 0 Å². The summed E-state index contributed by atoms with van der Waals surface area (Å²) < 4.78 is 0. The molecule has 1 saturated carbocycles. The van der Waals surface area contributed by atoms with Crippen LogP contribution in [0.3, 0.4) is 0 Å². The zero-order valence-corrected chi connectivity index (χ0v) is 9.16. The van der Waals surface area contributed by atoms with E-state index in [1.165, 1.54) is 19.3 Å². The molecular formula is C11H18N2O2. The molecule has 1 saturated heterocycles. The first-order valence-corrected chi connectivity index (χ1v) is 5.69. The molecule has 0 aromatic rings. The van der Waals surface area contributed by atoms with Crippen molar-refractivity contribution in [2.24, 2.45) is 11.8 Å². The van der Waals surface area contributed by atoms with Crippen LogP contribution in [0.1, 0.15) is 26.2 Å². The molecule has 2 amide bonds. The molecule has 0 spiro atoms. The first-order valence-electron chi connectivity index (χ1n) is 5.69. The van der Waals surface area contributed by atoms with Gasteiger partial charge in [0.25, 0.3) is 0 Å². The van der Waals surface area contributed by atoms with E-state index in [2.05, 4.69) is 12.2 Å². The molecule has 2 atom stereocenters. The van der Waals surface area contributed by atoms with Gasteiger partial charge in [-0.05, 0) is 24.7 Å². The molecule has 2 rings (SSSR count). The summed E-state index contributed by atoms with van der Waals surface area (Å²) >= 11 is 0. The molecule has 84 valence electrons. The molecular weight excluding hydrogens is 192 g/mol. The normalized spacial score (nSPS) is 31.9. The van der Waals surface area contributed by atoms with Crippen LogP contribution in [-0.2, 0) is 9.59 Å². The van der Waals surface area contributed by atoms with Crippen molar-refractivity contribution in [2.75, 3.05) is 19.6 Å². The molecule has 15 heavy (non-hydrogen) atoms. The van der Waals surface area contributed by atoms with Gasteiger partial charge in [-0.2, -0.15) is 0 Å². The summed E-state index contributed by atoms with van der Waals surface area (Å²) in [6.45, 7) is 3.46. The van der Waals surface area contributed by atoms with Crippen LogP contribution in [0, 0.1) is 11.8 Å². The number of rotatable bonds is 2. The van der Waals surface area contributed by atoms with Gasteiger partial charge < -0.3 is 10.2 Å². The Hall–Kier alpha value is -1.06. The number of carbonyl (C=O) groups excluding carboxylic acids is 2. The van der Waals surface area contributed by atoms with E-state index in [0.29, 0.717) is 5.92 Å². The summed E-state index contributed by atoms with van der Waals surface area (Å²) in [4.78, 5) is 24.4. The van der Waals surface area contributed by atoms with Gasteiger partial charge in [-0.25, -0.2) is 0 Å². The Morgan fingerprint density at radius 3 is 2.87 bits per heavy atom. The van der Waals surface area contributed by atoms with E-state index in [1.54, 1.807) is 4.90 Å². The first kappa shape index (κ1) is 10.5. The third-order valence-corrected chi connectivity index (χ3v) is 3.41. The quantitative estimate of drug-likeness (QED) is 0.716. The highest BCUT2D eigenvalue weighted by Crippen LogP contribution is 2.30. The third-order valence-electron chi connectivity index (χ3n) is 3.41. The van der Waals surface area contributed by atoms with E-state index in [-0.39, 0.29) is 24.9 Å². The van der Waals surface area contributed by atoms with E-state index >= 15 is 0 Å². The smallest absolute Gasteiger partial charge is 0.242 e. The monoisotopic (exact) mass is 210 g/mol. The Bertz CT molecular complexity index is 278. The minimum absolute atomic E-state index is 0.0272. The third kappa shape index (κ3) is 2.49. The second kappa shape index (κ2) is 4.21. The molecule has 4 nitrogen and oxygen atoms in total. The van der Waals surface area contributed by atoms with Gasteiger partial charge in [-0.3, -0.25) is 9.59 Å². The summed E-state index contributed by atoms with van der Waals surface area (Å²) in [5.74, 6) is 1.42. The van der Waals surface area contributed by atoms with Crippen LogP contribution in [0.5, 0.6) is 0 Å². The van der Waals surface area contributed by atoms with E-state index < -0.39 is 0 Å². The van der Waals surface area contributed by atoms with E-state index in [4.69, 9.17) is 0 Å². The maximum Gasteiger partial charge on any atom is 0.242 e. The average molecular weight is 210 g/mol. The number of carbonyl (C=O) groups is 2. The maximum absolute atomic E-state index is 11.5. The van der Waals surface area contributed by atoms with Crippen LogP contribution in [0.4, 0.5) is 0 Å².